The molecule has 0 saturated carbocycles. The molecular formula is C28H27NO6. The molecule has 5 rings (SSSR count). The molecule has 1 amide bonds. The Balaban J connectivity index is 1.61. The highest BCUT2D eigenvalue weighted by Gasteiger charge is 2.46. The Kier molecular flexibility index (Phi) is 6.07. The SMILES string of the molecule is CCCOc1cccc([C@H]2/C(=C(\O)c3ccc4c(c3)C[C@H](C)O4)C(=O)C(=O)N2Cc2ccco2)c1. The summed E-state index contributed by atoms with van der Waals surface area (Å²) in [7, 11) is 0. The zero-order valence-corrected chi connectivity index (χ0v) is 19.7. The smallest absolute Gasteiger partial charge is 0.296 e. The molecular weight excluding hydrogens is 446 g/mol. The molecule has 7 heteroatoms. The van der Waals surface area contributed by atoms with Gasteiger partial charge in [-0.25, -0.2) is 0 Å². The van der Waals surface area contributed by atoms with E-state index in [0.29, 0.717) is 35.7 Å². The minimum Gasteiger partial charge on any atom is -0.507 e. The van der Waals surface area contributed by atoms with E-state index in [1.165, 1.54) is 11.2 Å². The Morgan fingerprint density at radius 1 is 1.14 bits per heavy atom. The molecule has 2 aromatic carbocycles. The summed E-state index contributed by atoms with van der Waals surface area (Å²) in [6.45, 7) is 4.64. The highest BCUT2D eigenvalue weighted by atomic mass is 16.5. The molecule has 2 atom stereocenters. The summed E-state index contributed by atoms with van der Waals surface area (Å²) < 4.78 is 17.0. The summed E-state index contributed by atoms with van der Waals surface area (Å²) in [5.41, 5.74) is 2.14. The summed E-state index contributed by atoms with van der Waals surface area (Å²) >= 11 is 0. The van der Waals surface area contributed by atoms with Crippen LogP contribution in [0.5, 0.6) is 11.5 Å². The number of hydrogen-bond acceptors (Lipinski definition) is 6. The van der Waals surface area contributed by atoms with Gasteiger partial charge in [0.2, 0.25) is 0 Å². The van der Waals surface area contributed by atoms with E-state index in [4.69, 9.17) is 13.9 Å². The van der Waals surface area contributed by atoms with Crippen molar-refractivity contribution in [2.75, 3.05) is 6.61 Å². The predicted octanol–water partition coefficient (Wildman–Crippen LogP) is 5.01. The van der Waals surface area contributed by atoms with E-state index in [1.54, 1.807) is 24.3 Å². The van der Waals surface area contributed by atoms with Crippen LogP contribution in [0.4, 0.5) is 0 Å². The van der Waals surface area contributed by atoms with Crippen molar-refractivity contribution in [3.8, 4) is 11.5 Å². The number of carbonyl (C=O) groups excluding carboxylic acids is 2. The largest absolute Gasteiger partial charge is 0.507 e. The molecule has 1 saturated heterocycles. The highest BCUT2D eigenvalue weighted by Crippen LogP contribution is 2.42. The van der Waals surface area contributed by atoms with Gasteiger partial charge in [0, 0.05) is 12.0 Å². The third-order valence-corrected chi connectivity index (χ3v) is 6.26. The second-order valence-corrected chi connectivity index (χ2v) is 8.88. The number of benzene rings is 2. The van der Waals surface area contributed by atoms with Crippen LogP contribution in [0.2, 0.25) is 0 Å². The highest BCUT2D eigenvalue weighted by molar-refractivity contribution is 6.46. The third kappa shape index (κ3) is 4.30. The van der Waals surface area contributed by atoms with Gasteiger partial charge in [-0.1, -0.05) is 19.1 Å². The molecule has 2 aliphatic rings. The number of ether oxygens (including phenoxy) is 2. The van der Waals surface area contributed by atoms with Crippen LogP contribution in [0.3, 0.4) is 0 Å². The number of nitrogens with zero attached hydrogens (tertiary/aromatic N) is 1. The average Bonchev–Trinajstić information content (AvgIpc) is 3.56. The number of rotatable bonds is 7. The number of fused-ring (bicyclic) bond motifs is 1. The fraction of sp³-hybridized carbons (Fsp3) is 0.286. The number of aliphatic hydroxyl groups is 1. The molecule has 35 heavy (non-hydrogen) atoms. The number of likely N-dealkylation sites (tertiary alicyclic amines) is 1. The summed E-state index contributed by atoms with van der Waals surface area (Å²) in [4.78, 5) is 27.9. The van der Waals surface area contributed by atoms with Crippen LogP contribution in [0.25, 0.3) is 5.76 Å². The van der Waals surface area contributed by atoms with E-state index in [2.05, 4.69) is 0 Å². The summed E-state index contributed by atoms with van der Waals surface area (Å²) in [5, 5.41) is 11.4. The number of aliphatic hydroxyl groups excluding tert-OH is 1. The standard InChI is InChI=1S/C28H27NO6/c1-3-11-33-21-7-4-6-18(15-21)25-24(27(31)28(32)29(25)16-22-8-5-12-34-22)26(30)19-9-10-23-20(14-19)13-17(2)35-23/h4-10,12,14-15,17,25,30H,3,11,13,16H2,1-2H3/b26-24+/t17-,25-/m0/s1. The normalized spacial score (nSPS) is 20.7. The number of carbonyl (C=O) groups is 2. The minimum absolute atomic E-state index is 0.0427. The fourth-order valence-corrected chi connectivity index (χ4v) is 4.68. The monoisotopic (exact) mass is 473 g/mol. The minimum atomic E-state index is -0.797. The lowest BCUT2D eigenvalue weighted by Gasteiger charge is -2.25. The maximum Gasteiger partial charge on any atom is 0.296 e. The number of hydrogen-bond donors (Lipinski definition) is 1. The van der Waals surface area contributed by atoms with Crippen molar-refractivity contribution >= 4 is 17.4 Å². The van der Waals surface area contributed by atoms with Crippen molar-refractivity contribution in [2.24, 2.45) is 0 Å². The second kappa shape index (κ2) is 9.33. The molecule has 3 aromatic rings. The molecule has 0 unspecified atom stereocenters. The summed E-state index contributed by atoms with van der Waals surface area (Å²) in [6, 6.07) is 15.3. The first-order valence-corrected chi connectivity index (χ1v) is 11.8. The number of amides is 1. The summed E-state index contributed by atoms with van der Waals surface area (Å²) in [5.74, 6) is 0.313. The van der Waals surface area contributed by atoms with Crippen molar-refractivity contribution in [1.29, 1.82) is 0 Å². The maximum absolute atomic E-state index is 13.3. The topological polar surface area (TPSA) is 89.2 Å². The van der Waals surface area contributed by atoms with Crippen molar-refractivity contribution in [1.82, 2.24) is 4.90 Å². The van der Waals surface area contributed by atoms with Gasteiger partial charge in [-0.15, -0.1) is 0 Å². The zero-order valence-electron chi connectivity index (χ0n) is 19.7. The van der Waals surface area contributed by atoms with Crippen LogP contribution in [-0.2, 0) is 22.6 Å². The molecule has 1 fully saturated rings. The van der Waals surface area contributed by atoms with Crippen LogP contribution >= 0.6 is 0 Å². The molecule has 1 N–H and O–H groups in total. The van der Waals surface area contributed by atoms with E-state index < -0.39 is 17.7 Å². The van der Waals surface area contributed by atoms with Crippen LogP contribution in [0.15, 0.2) is 70.9 Å². The molecule has 2 aliphatic heterocycles. The molecule has 0 bridgehead atoms. The Morgan fingerprint density at radius 2 is 2.00 bits per heavy atom. The summed E-state index contributed by atoms with van der Waals surface area (Å²) in [6.07, 6.45) is 3.13. The second-order valence-electron chi connectivity index (χ2n) is 8.88. The van der Waals surface area contributed by atoms with Crippen LogP contribution in [0.1, 0.15) is 48.8 Å². The lowest BCUT2D eigenvalue weighted by molar-refractivity contribution is -0.140. The Hall–Kier alpha value is -4.00. The van der Waals surface area contributed by atoms with E-state index in [9.17, 15) is 14.7 Å². The van der Waals surface area contributed by atoms with E-state index in [0.717, 1.165) is 17.7 Å². The van der Waals surface area contributed by atoms with Crippen LogP contribution in [0, 0.1) is 0 Å². The van der Waals surface area contributed by atoms with Gasteiger partial charge in [0.25, 0.3) is 11.7 Å². The first-order valence-electron chi connectivity index (χ1n) is 11.8. The van der Waals surface area contributed by atoms with Crippen molar-refractivity contribution in [3.63, 3.8) is 0 Å². The zero-order chi connectivity index (χ0) is 24.5. The lowest BCUT2D eigenvalue weighted by atomic mass is 9.94. The van der Waals surface area contributed by atoms with Gasteiger partial charge in [0.15, 0.2) is 0 Å². The Bertz CT molecular complexity index is 1290. The van der Waals surface area contributed by atoms with Crippen LogP contribution in [-0.4, -0.2) is 34.4 Å². The fourth-order valence-electron chi connectivity index (χ4n) is 4.68. The van der Waals surface area contributed by atoms with Gasteiger partial charge >= 0.3 is 0 Å². The van der Waals surface area contributed by atoms with Gasteiger partial charge in [0.1, 0.15) is 29.1 Å². The Labute approximate surface area is 203 Å². The third-order valence-electron chi connectivity index (χ3n) is 6.26. The first-order chi connectivity index (χ1) is 17.0. The average molecular weight is 474 g/mol. The molecule has 3 heterocycles. The van der Waals surface area contributed by atoms with Crippen molar-refractivity contribution in [3.05, 3.63) is 88.9 Å². The van der Waals surface area contributed by atoms with Crippen LogP contribution < -0.4 is 9.47 Å². The predicted molar refractivity (Wildman–Crippen MR) is 129 cm³/mol. The lowest BCUT2D eigenvalue weighted by Crippen LogP contribution is -2.29. The Morgan fingerprint density at radius 3 is 2.77 bits per heavy atom. The molecule has 180 valence electrons. The van der Waals surface area contributed by atoms with Gasteiger partial charge < -0.3 is 23.9 Å². The quantitative estimate of drug-likeness (QED) is 0.295. The number of furan rings is 1. The maximum atomic E-state index is 13.3. The van der Waals surface area contributed by atoms with Gasteiger partial charge in [0.05, 0.1) is 31.0 Å². The molecule has 0 spiro atoms. The van der Waals surface area contributed by atoms with Gasteiger partial charge in [-0.2, -0.15) is 0 Å². The van der Waals surface area contributed by atoms with Gasteiger partial charge in [-0.05, 0) is 66.9 Å². The van der Waals surface area contributed by atoms with E-state index >= 15 is 0 Å². The van der Waals surface area contributed by atoms with Gasteiger partial charge in [-0.3, -0.25) is 9.59 Å². The molecule has 0 radical (unpaired) electrons. The molecule has 7 nitrogen and oxygen atoms in total. The molecule has 1 aromatic heterocycles. The molecule has 0 aliphatic carbocycles. The number of Topliss-reactive ketones (excluding diaryl/α,β-unsaturated/α-hetero) is 1. The van der Waals surface area contributed by atoms with E-state index in [1.807, 2.05) is 44.2 Å². The first kappa shape index (κ1) is 22.8. The van der Waals surface area contributed by atoms with Crippen molar-refractivity contribution in [2.45, 2.75) is 45.4 Å². The number of ketones is 1. The van der Waals surface area contributed by atoms with Crippen molar-refractivity contribution < 1.29 is 28.6 Å². The van der Waals surface area contributed by atoms with E-state index in [-0.39, 0.29) is 24.0 Å².